The van der Waals surface area contributed by atoms with Gasteiger partial charge in [-0.25, -0.2) is 14.4 Å². The van der Waals surface area contributed by atoms with Crippen molar-refractivity contribution in [3.63, 3.8) is 0 Å². The van der Waals surface area contributed by atoms with E-state index in [9.17, 15) is 19.2 Å². The molecule has 13 nitrogen and oxygen atoms in total. The SMILES string of the molecule is COCCOCCOCC(=O)Nc1ccc2c(c1)CN(C(=O)O[C@@H]1C[C@@H](C(=O)OC)N(C(=O)OC(C)(C)C)C1)C2. The van der Waals surface area contributed by atoms with Crippen LogP contribution in [0.2, 0.25) is 0 Å². The third-order valence-electron chi connectivity index (χ3n) is 6.14. The number of fused-ring (bicyclic) bond motifs is 1. The fourth-order valence-corrected chi connectivity index (χ4v) is 4.31. The maximum atomic E-state index is 13.0. The smallest absolute Gasteiger partial charge is 0.411 e. The van der Waals surface area contributed by atoms with Crippen LogP contribution in [0.25, 0.3) is 0 Å². The predicted molar refractivity (Wildman–Crippen MR) is 141 cm³/mol. The van der Waals surface area contributed by atoms with E-state index in [1.54, 1.807) is 33.9 Å². The Hall–Kier alpha value is -3.42. The number of rotatable bonds is 11. The van der Waals surface area contributed by atoms with Crippen LogP contribution in [0.4, 0.5) is 15.3 Å². The van der Waals surface area contributed by atoms with Crippen LogP contribution in [0.1, 0.15) is 38.3 Å². The number of carbonyl (C=O) groups is 4. The Morgan fingerprint density at radius 3 is 2.35 bits per heavy atom. The minimum atomic E-state index is -0.910. The van der Waals surface area contributed by atoms with Crippen LogP contribution in [-0.2, 0) is 51.1 Å². The molecule has 3 rings (SSSR count). The van der Waals surface area contributed by atoms with E-state index < -0.39 is 35.9 Å². The van der Waals surface area contributed by atoms with Gasteiger partial charge in [0, 0.05) is 32.3 Å². The normalized spacial score (nSPS) is 18.3. The molecule has 0 radical (unpaired) electrons. The highest BCUT2D eigenvalue weighted by molar-refractivity contribution is 5.91. The summed E-state index contributed by atoms with van der Waals surface area (Å²) in [5.74, 6) is -0.907. The number of nitrogens with zero attached hydrogens (tertiary/aromatic N) is 2. The van der Waals surface area contributed by atoms with E-state index in [1.165, 1.54) is 16.9 Å². The van der Waals surface area contributed by atoms with Crippen molar-refractivity contribution in [2.24, 2.45) is 0 Å². The molecule has 1 fully saturated rings. The molecule has 1 saturated heterocycles. The Balaban J connectivity index is 1.49. The lowest BCUT2D eigenvalue weighted by atomic mass is 10.1. The van der Waals surface area contributed by atoms with Gasteiger partial charge >= 0.3 is 18.2 Å². The van der Waals surface area contributed by atoms with Crippen LogP contribution >= 0.6 is 0 Å². The highest BCUT2D eigenvalue weighted by Crippen LogP contribution is 2.29. The second-order valence-electron chi connectivity index (χ2n) is 10.5. The lowest BCUT2D eigenvalue weighted by molar-refractivity contribution is -0.145. The first-order valence-electron chi connectivity index (χ1n) is 13.1. The Bertz CT molecular complexity index is 1060. The molecule has 3 amide bonds. The molecule has 1 N–H and O–H groups in total. The topological polar surface area (TPSA) is 142 Å². The number of anilines is 1. The molecule has 0 bridgehead atoms. The van der Waals surface area contributed by atoms with E-state index in [1.807, 2.05) is 12.1 Å². The van der Waals surface area contributed by atoms with Crippen molar-refractivity contribution in [1.29, 1.82) is 0 Å². The third-order valence-corrected chi connectivity index (χ3v) is 6.14. The van der Waals surface area contributed by atoms with Crippen LogP contribution in [-0.4, -0.2) is 105 Å². The van der Waals surface area contributed by atoms with Crippen LogP contribution in [0.5, 0.6) is 0 Å². The van der Waals surface area contributed by atoms with Gasteiger partial charge in [-0.3, -0.25) is 14.6 Å². The number of esters is 1. The minimum Gasteiger partial charge on any atom is -0.467 e. The van der Waals surface area contributed by atoms with Crippen LogP contribution in [0.3, 0.4) is 0 Å². The average molecular weight is 566 g/mol. The molecule has 0 aliphatic carbocycles. The molecular weight excluding hydrogens is 526 g/mol. The first-order valence-corrected chi connectivity index (χ1v) is 13.1. The summed E-state index contributed by atoms with van der Waals surface area (Å²) < 4.78 is 31.4. The van der Waals surface area contributed by atoms with E-state index in [0.29, 0.717) is 32.1 Å². The summed E-state index contributed by atoms with van der Waals surface area (Å²) in [6.07, 6.45) is -1.84. The van der Waals surface area contributed by atoms with E-state index in [4.69, 9.17) is 28.4 Å². The van der Waals surface area contributed by atoms with Crippen molar-refractivity contribution in [1.82, 2.24) is 9.80 Å². The Morgan fingerprint density at radius 2 is 1.65 bits per heavy atom. The summed E-state index contributed by atoms with van der Waals surface area (Å²) in [6.45, 7) is 7.31. The molecule has 0 unspecified atom stereocenters. The van der Waals surface area contributed by atoms with Gasteiger partial charge in [0.2, 0.25) is 5.91 Å². The monoisotopic (exact) mass is 565 g/mol. The molecule has 2 aliphatic rings. The van der Waals surface area contributed by atoms with Gasteiger partial charge in [0.1, 0.15) is 24.4 Å². The number of amides is 3. The number of hydrogen-bond acceptors (Lipinski definition) is 10. The minimum absolute atomic E-state index is 0.0126. The predicted octanol–water partition coefficient (Wildman–Crippen LogP) is 2.31. The summed E-state index contributed by atoms with van der Waals surface area (Å²) in [7, 11) is 2.83. The van der Waals surface area contributed by atoms with Crippen LogP contribution in [0, 0.1) is 0 Å². The molecule has 1 aromatic rings. The number of methoxy groups -OCH3 is 2. The summed E-state index contributed by atoms with van der Waals surface area (Å²) in [4.78, 5) is 52.9. The van der Waals surface area contributed by atoms with Gasteiger partial charge in [-0.05, 0) is 44.0 Å². The summed E-state index contributed by atoms with van der Waals surface area (Å²) >= 11 is 0. The van der Waals surface area contributed by atoms with Crippen LogP contribution in [0.15, 0.2) is 18.2 Å². The molecule has 2 aliphatic heterocycles. The van der Waals surface area contributed by atoms with Crippen molar-refractivity contribution in [3.05, 3.63) is 29.3 Å². The van der Waals surface area contributed by atoms with E-state index >= 15 is 0 Å². The Morgan fingerprint density at radius 1 is 0.950 bits per heavy atom. The van der Waals surface area contributed by atoms with Crippen molar-refractivity contribution >= 4 is 29.8 Å². The number of nitrogens with one attached hydrogen (secondary N) is 1. The highest BCUT2D eigenvalue weighted by atomic mass is 16.6. The Labute approximate surface area is 233 Å². The number of ether oxygens (including phenoxy) is 6. The molecular formula is C27H39N3O10. The van der Waals surface area contributed by atoms with Gasteiger partial charge in [-0.1, -0.05) is 6.07 Å². The van der Waals surface area contributed by atoms with Gasteiger partial charge in [0.15, 0.2) is 0 Å². The van der Waals surface area contributed by atoms with Crippen molar-refractivity contribution in [2.75, 3.05) is 59.1 Å². The molecule has 0 aromatic heterocycles. The number of likely N-dealkylation sites (tertiary alicyclic amines) is 1. The van der Waals surface area contributed by atoms with Crippen molar-refractivity contribution in [3.8, 4) is 0 Å². The first kappa shape index (κ1) is 31.1. The van der Waals surface area contributed by atoms with Gasteiger partial charge in [-0.2, -0.15) is 0 Å². The largest absolute Gasteiger partial charge is 0.467 e. The standard InChI is InChI=1S/C27H39N3O10/c1-27(2,3)40-26(34)30-16-21(13-22(30)24(32)36-5)39-25(33)29-14-18-6-7-20(12-19(18)15-29)28-23(31)17-38-11-10-37-9-8-35-4/h6-7,12,21-22H,8-11,13-17H2,1-5H3,(H,28,31)/t21-,22+/m1/s1. The lowest BCUT2D eigenvalue weighted by Crippen LogP contribution is -2.44. The van der Waals surface area contributed by atoms with Crippen molar-refractivity contribution < 1.29 is 47.6 Å². The number of hydrogen-bond donors (Lipinski definition) is 1. The Kier molecular flexibility index (Phi) is 11.1. The summed E-state index contributed by atoms with van der Waals surface area (Å²) in [5.41, 5.74) is 1.63. The molecule has 222 valence electrons. The van der Waals surface area contributed by atoms with Gasteiger partial charge in [0.25, 0.3) is 0 Å². The molecule has 2 atom stereocenters. The van der Waals surface area contributed by atoms with E-state index in [0.717, 1.165) is 11.1 Å². The third kappa shape index (κ3) is 9.07. The second kappa shape index (κ2) is 14.3. The molecule has 2 heterocycles. The zero-order valence-electron chi connectivity index (χ0n) is 23.7. The maximum Gasteiger partial charge on any atom is 0.411 e. The zero-order chi connectivity index (χ0) is 29.3. The highest BCUT2D eigenvalue weighted by Gasteiger charge is 2.44. The second-order valence-corrected chi connectivity index (χ2v) is 10.5. The van der Waals surface area contributed by atoms with Crippen molar-refractivity contribution in [2.45, 2.75) is 58.0 Å². The zero-order valence-corrected chi connectivity index (χ0v) is 23.7. The lowest BCUT2D eigenvalue weighted by Gasteiger charge is -2.27. The van der Waals surface area contributed by atoms with Crippen LogP contribution < -0.4 is 5.32 Å². The molecule has 13 heteroatoms. The first-order chi connectivity index (χ1) is 19.0. The van der Waals surface area contributed by atoms with Gasteiger partial charge in [0.05, 0.1) is 40.1 Å². The van der Waals surface area contributed by atoms with E-state index in [-0.39, 0.29) is 38.6 Å². The fraction of sp³-hybridized carbons (Fsp3) is 0.630. The maximum absolute atomic E-state index is 13.0. The van der Waals surface area contributed by atoms with Gasteiger partial charge in [-0.15, -0.1) is 0 Å². The fourth-order valence-electron chi connectivity index (χ4n) is 4.31. The molecule has 40 heavy (non-hydrogen) atoms. The van der Waals surface area contributed by atoms with Gasteiger partial charge < -0.3 is 33.7 Å². The van der Waals surface area contributed by atoms with E-state index in [2.05, 4.69) is 5.32 Å². The molecule has 1 aromatic carbocycles. The molecule has 0 spiro atoms. The summed E-state index contributed by atoms with van der Waals surface area (Å²) in [5, 5.41) is 2.79. The molecule has 0 saturated carbocycles. The number of carbonyl (C=O) groups excluding carboxylic acids is 4. The summed E-state index contributed by atoms with van der Waals surface area (Å²) in [6, 6.07) is 4.50. The number of benzene rings is 1. The average Bonchev–Trinajstić information content (AvgIpc) is 3.51. The quantitative estimate of drug-likeness (QED) is 0.241.